The molecule has 18 heavy (non-hydrogen) atoms. The Balaban J connectivity index is 2.71. The molecule has 1 fully saturated rings. The molecular formula is C11H18F2N2O3. The minimum Gasteiger partial charge on any atom is -0.432 e. The standard InChI is InChI=1S/C11H18F2N2O3/c1-9(2,3)15-8(17)18-10(7(16)14-4)5-11(12,13)6-10/h5-6H2,1-4H3,(H,14,16)(H,15,17). The summed E-state index contributed by atoms with van der Waals surface area (Å²) in [7, 11) is 1.31. The largest absolute Gasteiger partial charge is 0.432 e. The molecule has 0 aromatic rings. The van der Waals surface area contributed by atoms with Crippen LogP contribution in [0.4, 0.5) is 13.6 Å². The predicted octanol–water partition coefficient (Wildman–Crippen LogP) is 1.42. The van der Waals surface area contributed by atoms with Crippen molar-refractivity contribution in [3.63, 3.8) is 0 Å². The van der Waals surface area contributed by atoms with Gasteiger partial charge >= 0.3 is 6.09 Å². The number of alkyl carbamates (subject to hydrolysis) is 1. The minimum absolute atomic E-state index is 0.562. The fourth-order valence-electron chi connectivity index (χ4n) is 1.80. The number of hydrogen-bond acceptors (Lipinski definition) is 3. The number of carbonyl (C=O) groups is 2. The lowest BCUT2D eigenvalue weighted by Crippen LogP contribution is -2.63. The number of rotatable bonds is 2. The highest BCUT2D eigenvalue weighted by Gasteiger charge is 2.63. The number of nitrogens with one attached hydrogen (secondary N) is 2. The lowest BCUT2D eigenvalue weighted by atomic mass is 9.75. The number of ether oxygens (including phenoxy) is 1. The molecule has 0 aromatic heterocycles. The van der Waals surface area contributed by atoms with Crippen LogP contribution in [0.25, 0.3) is 0 Å². The van der Waals surface area contributed by atoms with Crippen LogP contribution in [-0.2, 0) is 9.53 Å². The molecular weight excluding hydrogens is 246 g/mol. The van der Waals surface area contributed by atoms with Gasteiger partial charge in [0.1, 0.15) is 0 Å². The van der Waals surface area contributed by atoms with Gasteiger partial charge in [0.05, 0.1) is 12.8 Å². The molecule has 0 spiro atoms. The van der Waals surface area contributed by atoms with E-state index in [0.29, 0.717) is 0 Å². The third-order valence-corrected chi connectivity index (χ3v) is 2.49. The fraction of sp³-hybridized carbons (Fsp3) is 0.818. The molecule has 104 valence electrons. The number of hydrogen-bond donors (Lipinski definition) is 2. The van der Waals surface area contributed by atoms with Gasteiger partial charge in [0, 0.05) is 12.6 Å². The Morgan fingerprint density at radius 2 is 1.72 bits per heavy atom. The summed E-state index contributed by atoms with van der Waals surface area (Å²) in [5.74, 6) is -3.67. The first-order valence-corrected chi connectivity index (χ1v) is 5.61. The maximum atomic E-state index is 12.9. The second-order valence-corrected chi connectivity index (χ2v) is 5.55. The maximum absolute atomic E-state index is 12.9. The maximum Gasteiger partial charge on any atom is 0.408 e. The molecule has 0 unspecified atom stereocenters. The Hall–Kier alpha value is -1.40. The molecule has 1 aliphatic rings. The number of carbonyl (C=O) groups excluding carboxylic acids is 2. The van der Waals surface area contributed by atoms with E-state index >= 15 is 0 Å². The van der Waals surface area contributed by atoms with Crippen LogP contribution >= 0.6 is 0 Å². The van der Waals surface area contributed by atoms with Crippen LogP contribution in [0.15, 0.2) is 0 Å². The smallest absolute Gasteiger partial charge is 0.408 e. The molecule has 0 aliphatic heterocycles. The Labute approximate surface area is 104 Å². The molecule has 2 amide bonds. The molecule has 0 aromatic carbocycles. The van der Waals surface area contributed by atoms with Crippen molar-refractivity contribution in [2.45, 2.75) is 50.7 Å². The van der Waals surface area contributed by atoms with Gasteiger partial charge in [-0.1, -0.05) is 0 Å². The summed E-state index contributed by atoms with van der Waals surface area (Å²) in [6.07, 6.45) is -2.43. The summed E-state index contributed by atoms with van der Waals surface area (Å²) in [4.78, 5) is 23.1. The molecule has 0 heterocycles. The normalized spacial score (nSPS) is 20.6. The van der Waals surface area contributed by atoms with Crippen molar-refractivity contribution in [1.82, 2.24) is 10.6 Å². The summed E-state index contributed by atoms with van der Waals surface area (Å²) >= 11 is 0. The van der Waals surface area contributed by atoms with Crippen LogP contribution in [0.1, 0.15) is 33.6 Å². The lowest BCUT2D eigenvalue weighted by Gasteiger charge is -2.44. The van der Waals surface area contributed by atoms with Crippen molar-refractivity contribution >= 4 is 12.0 Å². The second-order valence-electron chi connectivity index (χ2n) is 5.55. The van der Waals surface area contributed by atoms with E-state index in [4.69, 9.17) is 4.74 Å². The van der Waals surface area contributed by atoms with Gasteiger partial charge in [0.15, 0.2) is 0 Å². The Kier molecular flexibility index (Phi) is 3.56. The molecule has 1 saturated carbocycles. The van der Waals surface area contributed by atoms with E-state index < -0.39 is 41.9 Å². The van der Waals surface area contributed by atoms with E-state index in [-0.39, 0.29) is 0 Å². The third kappa shape index (κ3) is 3.30. The quantitative estimate of drug-likeness (QED) is 0.792. The lowest BCUT2D eigenvalue weighted by molar-refractivity contribution is -0.207. The van der Waals surface area contributed by atoms with E-state index in [2.05, 4.69) is 10.6 Å². The van der Waals surface area contributed by atoms with Gasteiger partial charge in [-0.15, -0.1) is 0 Å². The van der Waals surface area contributed by atoms with Gasteiger partial charge in [0.2, 0.25) is 5.60 Å². The number of alkyl halides is 2. The predicted molar refractivity (Wildman–Crippen MR) is 60.3 cm³/mol. The molecule has 0 saturated heterocycles. The second kappa shape index (κ2) is 4.37. The van der Waals surface area contributed by atoms with Gasteiger partial charge in [-0.2, -0.15) is 0 Å². The van der Waals surface area contributed by atoms with Crippen LogP contribution in [0.3, 0.4) is 0 Å². The van der Waals surface area contributed by atoms with Gasteiger partial charge < -0.3 is 15.4 Å². The number of likely N-dealkylation sites (N-methyl/N-ethyl adjacent to an activating group) is 1. The zero-order chi connectivity index (χ0) is 14.2. The average molecular weight is 264 g/mol. The number of halogens is 2. The van der Waals surface area contributed by atoms with Crippen molar-refractivity contribution in [3.8, 4) is 0 Å². The van der Waals surface area contributed by atoms with Crippen molar-refractivity contribution in [1.29, 1.82) is 0 Å². The summed E-state index contributed by atoms with van der Waals surface area (Å²) in [5, 5.41) is 4.70. The summed E-state index contributed by atoms with van der Waals surface area (Å²) in [6.45, 7) is 5.16. The fourth-order valence-corrected chi connectivity index (χ4v) is 1.80. The van der Waals surface area contributed by atoms with Gasteiger partial charge in [0.25, 0.3) is 11.8 Å². The van der Waals surface area contributed by atoms with Crippen LogP contribution in [0.2, 0.25) is 0 Å². The molecule has 1 rings (SSSR count). The molecule has 2 N–H and O–H groups in total. The molecule has 0 radical (unpaired) electrons. The Bertz CT molecular complexity index is 356. The minimum atomic E-state index is -2.96. The highest BCUT2D eigenvalue weighted by Crippen LogP contribution is 2.48. The van der Waals surface area contributed by atoms with Crippen LogP contribution in [0.5, 0.6) is 0 Å². The van der Waals surface area contributed by atoms with E-state index in [0.717, 1.165) is 0 Å². The van der Waals surface area contributed by atoms with E-state index in [1.807, 2.05) is 0 Å². The van der Waals surface area contributed by atoms with Gasteiger partial charge in [-0.25, -0.2) is 13.6 Å². The first-order chi connectivity index (χ1) is 8.00. The highest BCUT2D eigenvalue weighted by atomic mass is 19.3. The van der Waals surface area contributed by atoms with Gasteiger partial charge in [-0.3, -0.25) is 4.79 Å². The van der Waals surface area contributed by atoms with Crippen molar-refractivity contribution in [3.05, 3.63) is 0 Å². The van der Waals surface area contributed by atoms with Crippen molar-refractivity contribution < 1.29 is 23.1 Å². The van der Waals surface area contributed by atoms with E-state index in [9.17, 15) is 18.4 Å². The topological polar surface area (TPSA) is 67.4 Å². The Morgan fingerprint density at radius 1 is 1.22 bits per heavy atom. The first kappa shape index (κ1) is 14.7. The molecule has 5 nitrogen and oxygen atoms in total. The Morgan fingerprint density at radius 3 is 2.06 bits per heavy atom. The van der Waals surface area contributed by atoms with Crippen molar-refractivity contribution in [2.24, 2.45) is 0 Å². The average Bonchev–Trinajstić information content (AvgIpc) is 2.09. The molecule has 0 bridgehead atoms. The zero-order valence-corrected chi connectivity index (χ0v) is 10.9. The zero-order valence-electron chi connectivity index (χ0n) is 10.9. The molecule has 0 atom stereocenters. The summed E-state index contributed by atoms with van der Waals surface area (Å²) in [5.41, 5.74) is -2.32. The third-order valence-electron chi connectivity index (χ3n) is 2.49. The van der Waals surface area contributed by atoms with E-state index in [1.54, 1.807) is 20.8 Å². The van der Waals surface area contributed by atoms with Crippen LogP contribution < -0.4 is 10.6 Å². The van der Waals surface area contributed by atoms with Crippen LogP contribution in [0, 0.1) is 0 Å². The monoisotopic (exact) mass is 264 g/mol. The molecule has 7 heteroatoms. The van der Waals surface area contributed by atoms with E-state index in [1.165, 1.54) is 7.05 Å². The SMILES string of the molecule is CNC(=O)C1(OC(=O)NC(C)(C)C)CC(F)(F)C1. The summed E-state index contributed by atoms with van der Waals surface area (Å²) < 4.78 is 30.7. The summed E-state index contributed by atoms with van der Waals surface area (Å²) in [6, 6.07) is 0. The molecule has 1 aliphatic carbocycles. The highest BCUT2D eigenvalue weighted by molar-refractivity contribution is 5.89. The first-order valence-electron chi connectivity index (χ1n) is 5.61. The van der Waals surface area contributed by atoms with Crippen molar-refractivity contribution in [2.75, 3.05) is 7.05 Å². The van der Waals surface area contributed by atoms with Gasteiger partial charge in [-0.05, 0) is 20.8 Å². The number of amides is 2. The van der Waals surface area contributed by atoms with Crippen LogP contribution in [-0.4, -0.2) is 36.1 Å².